The second-order valence-corrected chi connectivity index (χ2v) is 6.83. The fourth-order valence-electron chi connectivity index (χ4n) is 2.91. The van der Waals surface area contributed by atoms with Gasteiger partial charge in [0.25, 0.3) is 11.8 Å². The zero-order valence-corrected chi connectivity index (χ0v) is 14.7. The number of carbonyl (C=O) groups excluding carboxylic acids is 2. The van der Waals surface area contributed by atoms with Crippen molar-refractivity contribution in [1.82, 2.24) is 15.1 Å². The summed E-state index contributed by atoms with van der Waals surface area (Å²) in [7, 11) is 0. The predicted octanol–water partition coefficient (Wildman–Crippen LogP) is 4.17. The lowest BCUT2D eigenvalue weighted by molar-refractivity contribution is 0.0563. The van der Waals surface area contributed by atoms with E-state index in [0.717, 1.165) is 0 Å². The molecule has 1 aromatic carbocycles. The van der Waals surface area contributed by atoms with E-state index in [1.165, 1.54) is 4.90 Å². The summed E-state index contributed by atoms with van der Waals surface area (Å²) < 4.78 is 0. The van der Waals surface area contributed by atoms with E-state index in [2.05, 4.69) is 10.2 Å². The van der Waals surface area contributed by atoms with Crippen molar-refractivity contribution in [3.63, 3.8) is 0 Å². The molecule has 3 rings (SSSR count). The van der Waals surface area contributed by atoms with Gasteiger partial charge in [0.1, 0.15) is 0 Å². The summed E-state index contributed by atoms with van der Waals surface area (Å²) in [6, 6.07) is 7.81. The molecule has 1 aromatic heterocycles. The molecule has 2 amide bonds. The third kappa shape index (κ3) is 2.89. The first-order valence-electron chi connectivity index (χ1n) is 7.55. The Balaban J connectivity index is 2.10. The van der Waals surface area contributed by atoms with Crippen LogP contribution in [0.2, 0.25) is 10.3 Å². The molecule has 2 aromatic rings. The molecule has 0 saturated carbocycles. The summed E-state index contributed by atoms with van der Waals surface area (Å²) >= 11 is 12.1. The van der Waals surface area contributed by atoms with Crippen molar-refractivity contribution < 1.29 is 9.59 Å². The average molecular weight is 364 g/mol. The fourth-order valence-corrected chi connectivity index (χ4v) is 3.28. The van der Waals surface area contributed by atoms with Crippen molar-refractivity contribution in [3.05, 3.63) is 57.3 Å². The van der Waals surface area contributed by atoms with Crippen molar-refractivity contribution in [2.45, 2.75) is 26.3 Å². The van der Waals surface area contributed by atoms with Crippen molar-refractivity contribution >= 4 is 35.0 Å². The lowest BCUT2D eigenvalue weighted by Gasteiger charge is -2.28. The maximum Gasteiger partial charge on any atom is 0.262 e. The van der Waals surface area contributed by atoms with Crippen LogP contribution in [0.1, 0.15) is 52.6 Å². The maximum absolute atomic E-state index is 12.8. The number of nitrogens with zero attached hydrogens (tertiary/aromatic N) is 3. The number of halogens is 2. The van der Waals surface area contributed by atoms with Gasteiger partial charge in [-0.05, 0) is 30.5 Å². The molecular formula is C17H15Cl2N3O2. The van der Waals surface area contributed by atoms with E-state index < -0.39 is 6.04 Å². The molecule has 1 aliphatic rings. The standard InChI is InChI=1S/C17H15Cl2N3O2/c1-9(2)7-13(12-8-14(18)20-21-15(12)19)22-16(23)10-5-3-4-6-11(10)17(22)24/h3-6,8-9,13H,7H2,1-2H3/t13-/m0/s1. The summed E-state index contributed by atoms with van der Waals surface area (Å²) in [4.78, 5) is 26.8. The number of imide groups is 1. The van der Waals surface area contributed by atoms with E-state index in [0.29, 0.717) is 23.1 Å². The van der Waals surface area contributed by atoms with Gasteiger partial charge in [0.05, 0.1) is 17.2 Å². The highest BCUT2D eigenvalue weighted by molar-refractivity contribution is 6.32. The summed E-state index contributed by atoms with van der Waals surface area (Å²) in [6.45, 7) is 4.02. The third-order valence-corrected chi connectivity index (χ3v) is 4.42. The van der Waals surface area contributed by atoms with E-state index >= 15 is 0 Å². The van der Waals surface area contributed by atoms with Gasteiger partial charge in [0.15, 0.2) is 10.3 Å². The van der Waals surface area contributed by atoms with Gasteiger partial charge in [-0.25, -0.2) is 0 Å². The molecule has 0 aliphatic carbocycles. The first-order chi connectivity index (χ1) is 11.4. The van der Waals surface area contributed by atoms with Gasteiger partial charge in [-0.3, -0.25) is 14.5 Å². The van der Waals surface area contributed by atoms with Crippen LogP contribution >= 0.6 is 23.2 Å². The number of carbonyl (C=O) groups is 2. The Bertz CT molecular complexity index is 788. The zero-order valence-electron chi connectivity index (χ0n) is 13.2. The summed E-state index contributed by atoms with van der Waals surface area (Å²) in [5.74, 6) is -0.433. The van der Waals surface area contributed by atoms with E-state index in [1.54, 1.807) is 30.3 Å². The minimum absolute atomic E-state index is 0.140. The van der Waals surface area contributed by atoms with Gasteiger partial charge in [-0.2, -0.15) is 0 Å². The first-order valence-corrected chi connectivity index (χ1v) is 8.31. The molecular weight excluding hydrogens is 349 g/mol. The highest BCUT2D eigenvalue weighted by atomic mass is 35.5. The largest absolute Gasteiger partial charge is 0.269 e. The Labute approximate surface area is 149 Å². The quantitative estimate of drug-likeness (QED) is 0.764. The molecule has 0 spiro atoms. The number of benzene rings is 1. The van der Waals surface area contributed by atoms with E-state index in [1.807, 2.05) is 13.8 Å². The Morgan fingerprint density at radius 2 is 1.62 bits per heavy atom. The molecule has 0 saturated heterocycles. The molecule has 0 unspecified atom stereocenters. The molecule has 1 aliphatic heterocycles. The summed E-state index contributed by atoms with van der Waals surface area (Å²) in [5, 5.41) is 7.82. The van der Waals surface area contributed by atoms with E-state index in [-0.39, 0.29) is 28.0 Å². The summed E-state index contributed by atoms with van der Waals surface area (Å²) in [5.41, 5.74) is 1.33. The molecule has 0 radical (unpaired) electrons. The smallest absolute Gasteiger partial charge is 0.262 e. The highest BCUT2D eigenvalue weighted by Gasteiger charge is 2.41. The number of hydrogen-bond donors (Lipinski definition) is 0. The van der Waals surface area contributed by atoms with Gasteiger partial charge in [-0.1, -0.05) is 49.2 Å². The number of rotatable bonds is 4. The molecule has 1 atom stereocenters. The molecule has 124 valence electrons. The normalized spacial score (nSPS) is 15.1. The zero-order chi connectivity index (χ0) is 17.4. The van der Waals surface area contributed by atoms with Crippen LogP contribution in [0.4, 0.5) is 0 Å². The van der Waals surface area contributed by atoms with Crippen molar-refractivity contribution in [2.24, 2.45) is 5.92 Å². The number of fused-ring (bicyclic) bond motifs is 1. The van der Waals surface area contributed by atoms with Crippen LogP contribution in [0.3, 0.4) is 0 Å². The minimum atomic E-state index is -0.544. The second kappa shape index (κ2) is 6.49. The second-order valence-electron chi connectivity index (χ2n) is 6.08. The van der Waals surface area contributed by atoms with Gasteiger partial charge in [-0.15, -0.1) is 10.2 Å². The number of aromatic nitrogens is 2. The van der Waals surface area contributed by atoms with Crippen molar-refractivity contribution in [1.29, 1.82) is 0 Å². The van der Waals surface area contributed by atoms with Crippen LogP contribution in [0.5, 0.6) is 0 Å². The van der Waals surface area contributed by atoms with Gasteiger partial charge in [0.2, 0.25) is 0 Å². The lowest BCUT2D eigenvalue weighted by atomic mass is 9.97. The Morgan fingerprint density at radius 3 is 2.17 bits per heavy atom. The van der Waals surface area contributed by atoms with Crippen molar-refractivity contribution in [2.75, 3.05) is 0 Å². The fraction of sp³-hybridized carbons (Fsp3) is 0.294. The highest BCUT2D eigenvalue weighted by Crippen LogP contribution is 2.37. The Kier molecular flexibility index (Phi) is 4.56. The Hall–Kier alpha value is -1.98. The minimum Gasteiger partial charge on any atom is -0.269 e. The first kappa shape index (κ1) is 16.9. The SMILES string of the molecule is CC(C)C[C@@H](c1cc(Cl)nnc1Cl)N1C(=O)c2ccccc2C1=O. The van der Waals surface area contributed by atoms with Crippen molar-refractivity contribution in [3.8, 4) is 0 Å². The average Bonchev–Trinajstić information content (AvgIpc) is 2.79. The van der Waals surface area contributed by atoms with Gasteiger partial charge >= 0.3 is 0 Å². The lowest BCUT2D eigenvalue weighted by Crippen LogP contribution is -2.35. The summed E-state index contributed by atoms with van der Waals surface area (Å²) in [6.07, 6.45) is 0.549. The third-order valence-electron chi connectivity index (χ3n) is 3.94. The topological polar surface area (TPSA) is 63.2 Å². The molecule has 5 nitrogen and oxygen atoms in total. The molecule has 7 heteroatoms. The molecule has 0 bridgehead atoms. The van der Waals surface area contributed by atoms with Gasteiger partial charge in [0, 0.05) is 5.56 Å². The van der Waals surface area contributed by atoms with Crippen LogP contribution in [-0.4, -0.2) is 26.9 Å². The molecule has 0 N–H and O–H groups in total. The van der Waals surface area contributed by atoms with Crippen LogP contribution < -0.4 is 0 Å². The van der Waals surface area contributed by atoms with Crippen LogP contribution in [0.25, 0.3) is 0 Å². The molecule has 0 fully saturated rings. The van der Waals surface area contributed by atoms with E-state index in [4.69, 9.17) is 23.2 Å². The van der Waals surface area contributed by atoms with Gasteiger partial charge < -0.3 is 0 Å². The number of amides is 2. The van der Waals surface area contributed by atoms with Crippen LogP contribution in [-0.2, 0) is 0 Å². The van der Waals surface area contributed by atoms with E-state index in [9.17, 15) is 9.59 Å². The van der Waals surface area contributed by atoms with Crippen LogP contribution in [0.15, 0.2) is 30.3 Å². The molecule has 2 heterocycles. The number of hydrogen-bond acceptors (Lipinski definition) is 4. The Morgan fingerprint density at radius 1 is 1.04 bits per heavy atom. The molecule has 24 heavy (non-hydrogen) atoms. The maximum atomic E-state index is 12.8. The monoisotopic (exact) mass is 363 g/mol. The predicted molar refractivity (Wildman–Crippen MR) is 91.2 cm³/mol. The van der Waals surface area contributed by atoms with Crippen LogP contribution in [0, 0.1) is 5.92 Å².